The zero-order valence-electron chi connectivity index (χ0n) is 14.6. The molecule has 0 radical (unpaired) electrons. The second-order valence-corrected chi connectivity index (χ2v) is 5.83. The minimum absolute atomic E-state index is 0.249. The van der Waals surface area contributed by atoms with Crippen molar-refractivity contribution in [3.63, 3.8) is 0 Å². The van der Waals surface area contributed by atoms with Gasteiger partial charge in [0.2, 0.25) is 0 Å². The fourth-order valence-electron chi connectivity index (χ4n) is 2.24. The van der Waals surface area contributed by atoms with E-state index < -0.39 is 0 Å². The molecule has 1 N–H and O–H groups in total. The second-order valence-electron chi connectivity index (χ2n) is 5.83. The fraction of sp³-hybridized carbons (Fsp3) is 0.100. The fourth-order valence-corrected chi connectivity index (χ4v) is 2.24. The number of nitrogens with one attached hydrogen (secondary N) is 1. The topological polar surface area (TPSA) is 70.0 Å². The summed E-state index contributed by atoms with van der Waals surface area (Å²) in [5, 5.41) is 11.2. The van der Waals surface area contributed by atoms with Gasteiger partial charge in [-0.15, -0.1) is 0 Å². The summed E-state index contributed by atoms with van der Waals surface area (Å²) in [6.07, 6.45) is 1.59. The van der Waals surface area contributed by atoms with Gasteiger partial charge in [0.05, 0.1) is 11.4 Å². The molecule has 0 spiro atoms. The van der Waals surface area contributed by atoms with Crippen molar-refractivity contribution >= 4 is 28.7 Å². The summed E-state index contributed by atoms with van der Waals surface area (Å²) in [7, 11) is 3.98. The molecule has 1 amide bonds. The van der Waals surface area contributed by atoms with Crippen LogP contribution < -0.4 is 10.2 Å². The number of pyridine rings is 1. The van der Waals surface area contributed by atoms with Gasteiger partial charge in [0.1, 0.15) is 5.69 Å². The van der Waals surface area contributed by atoms with E-state index in [1.54, 1.807) is 48.7 Å². The van der Waals surface area contributed by atoms with Gasteiger partial charge in [-0.3, -0.25) is 9.78 Å². The quantitative estimate of drug-likeness (QED) is 0.674. The Labute approximate surface area is 152 Å². The number of benzene rings is 2. The maximum Gasteiger partial charge on any atom is 0.274 e. The lowest BCUT2D eigenvalue weighted by molar-refractivity contribution is 0.102. The molecule has 0 aliphatic rings. The lowest BCUT2D eigenvalue weighted by Gasteiger charge is -2.11. The molecule has 0 bridgehead atoms. The summed E-state index contributed by atoms with van der Waals surface area (Å²) in [6, 6.07) is 20.2. The molecule has 26 heavy (non-hydrogen) atoms. The van der Waals surface area contributed by atoms with E-state index in [0.717, 1.165) is 11.4 Å². The van der Waals surface area contributed by atoms with Crippen molar-refractivity contribution in [2.45, 2.75) is 0 Å². The second kappa shape index (κ2) is 8.02. The van der Waals surface area contributed by atoms with Gasteiger partial charge in [0, 0.05) is 31.7 Å². The molecule has 0 fully saturated rings. The van der Waals surface area contributed by atoms with Gasteiger partial charge in [-0.2, -0.15) is 10.2 Å². The predicted octanol–water partition coefficient (Wildman–Crippen LogP) is 4.82. The molecule has 0 atom stereocenters. The van der Waals surface area contributed by atoms with E-state index >= 15 is 0 Å². The van der Waals surface area contributed by atoms with E-state index in [4.69, 9.17) is 0 Å². The predicted molar refractivity (Wildman–Crippen MR) is 104 cm³/mol. The van der Waals surface area contributed by atoms with E-state index in [1.807, 2.05) is 43.3 Å². The SMILES string of the molecule is CN(C)c1ccc(/N=N/c2ccc(NC(=O)c3ccccn3)cc2)cc1. The molecule has 0 saturated heterocycles. The third-order valence-corrected chi connectivity index (χ3v) is 3.67. The standard InChI is InChI=1S/C20H19N5O/c1-25(2)18-12-10-17(11-13-18)24-23-16-8-6-15(7-9-16)22-20(26)19-5-3-4-14-21-19/h3-14H,1-2H3,(H,22,26)/b24-23+. The monoisotopic (exact) mass is 345 g/mol. The van der Waals surface area contributed by atoms with Crippen LogP contribution in [-0.4, -0.2) is 25.0 Å². The average molecular weight is 345 g/mol. The van der Waals surface area contributed by atoms with Crippen molar-refractivity contribution in [3.8, 4) is 0 Å². The highest BCUT2D eigenvalue weighted by Gasteiger charge is 2.06. The van der Waals surface area contributed by atoms with Crippen LogP contribution in [0.25, 0.3) is 0 Å². The maximum absolute atomic E-state index is 12.1. The largest absolute Gasteiger partial charge is 0.378 e. The van der Waals surface area contributed by atoms with Gasteiger partial charge in [0.25, 0.3) is 5.91 Å². The smallest absolute Gasteiger partial charge is 0.274 e. The van der Waals surface area contributed by atoms with Crippen LogP contribution in [0.5, 0.6) is 0 Å². The molecule has 3 rings (SSSR count). The number of hydrogen-bond acceptors (Lipinski definition) is 5. The summed E-state index contributed by atoms with van der Waals surface area (Å²) in [5.74, 6) is -0.249. The normalized spacial score (nSPS) is 10.7. The van der Waals surface area contributed by atoms with Crippen LogP contribution in [0, 0.1) is 0 Å². The number of rotatable bonds is 5. The molecule has 1 heterocycles. The number of aromatic nitrogens is 1. The number of anilines is 2. The van der Waals surface area contributed by atoms with Crippen LogP contribution in [0.1, 0.15) is 10.5 Å². The lowest BCUT2D eigenvalue weighted by Crippen LogP contribution is -2.13. The zero-order chi connectivity index (χ0) is 18.4. The minimum Gasteiger partial charge on any atom is -0.378 e. The average Bonchev–Trinajstić information content (AvgIpc) is 2.68. The molecule has 0 unspecified atom stereocenters. The van der Waals surface area contributed by atoms with Crippen LogP contribution in [-0.2, 0) is 0 Å². The molecule has 6 heteroatoms. The third kappa shape index (κ3) is 4.51. The lowest BCUT2D eigenvalue weighted by atomic mass is 10.2. The highest BCUT2D eigenvalue weighted by atomic mass is 16.1. The number of amides is 1. The number of nitrogens with zero attached hydrogens (tertiary/aromatic N) is 4. The first-order valence-corrected chi connectivity index (χ1v) is 8.13. The zero-order valence-corrected chi connectivity index (χ0v) is 14.6. The summed E-state index contributed by atoms with van der Waals surface area (Å²) >= 11 is 0. The maximum atomic E-state index is 12.1. The molecule has 3 aromatic rings. The first-order chi connectivity index (χ1) is 12.6. The highest BCUT2D eigenvalue weighted by molar-refractivity contribution is 6.02. The van der Waals surface area contributed by atoms with Crippen LogP contribution in [0.15, 0.2) is 83.2 Å². The molecule has 0 aliphatic heterocycles. The third-order valence-electron chi connectivity index (χ3n) is 3.67. The van der Waals surface area contributed by atoms with E-state index in [0.29, 0.717) is 17.1 Å². The molecular weight excluding hydrogens is 326 g/mol. The van der Waals surface area contributed by atoms with Crippen molar-refractivity contribution < 1.29 is 4.79 Å². The van der Waals surface area contributed by atoms with Crippen molar-refractivity contribution in [1.82, 2.24) is 4.98 Å². The molecule has 2 aromatic carbocycles. The Bertz CT molecular complexity index is 888. The van der Waals surface area contributed by atoms with E-state index in [-0.39, 0.29) is 5.91 Å². The van der Waals surface area contributed by atoms with Gasteiger partial charge >= 0.3 is 0 Å². The van der Waals surface area contributed by atoms with E-state index in [9.17, 15) is 4.79 Å². The van der Waals surface area contributed by atoms with Gasteiger partial charge in [-0.25, -0.2) is 0 Å². The Morgan fingerprint density at radius 1 is 0.885 bits per heavy atom. The molecule has 130 valence electrons. The molecule has 1 aromatic heterocycles. The van der Waals surface area contributed by atoms with Gasteiger partial charge < -0.3 is 10.2 Å². The summed E-state index contributed by atoms with van der Waals surface area (Å²) in [5.41, 5.74) is 3.64. The van der Waals surface area contributed by atoms with Crippen LogP contribution in [0.4, 0.5) is 22.7 Å². The van der Waals surface area contributed by atoms with Crippen LogP contribution in [0.2, 0.25) is 0 Å². The number of carbonyl (C=O) groups is 1. The molecule has 0 saturated carbocycles. The number of azo groups is 1. The van der Waals surface area contributed by atoms with Crippen molar-refractivity contribution in [2.24, 2.45) is 10.2 Å². The van der Waals surface area contributed by atoms with E-state index in [1.165, 1.54) is 0 Å². The van der Waals surface area contributed by atoms with Crippen molar-refractivity contribution in [2.75, 3.05) is 24.3 Å². The van der Waals surface area contributed by atoms with Gasteiger partial charge in [-0.05, 0) is 60.7 Å². The van der Waals surface area contributed by atoms with Gasteiger partial charge in [0.15, 0.2) is 0 Å². The Morgan fingerprint density at radius 3 is 2.04 bits per heavy atom. The molecule has 6 nitrogen and oxygen atoms in total. The molecule has 0 aliphatic carbocycles. The van der Waals surface area contributed by atoms with E-state index in [2.05, 4.69) is 20.5 Å². The van der Waals surface area contributed by atoms with Crippen LogP contribution >= 0.6 is 0 Å². The number of hydrogen-bond donors (Lipinski definition) is 1. The number of carbonyl (C=O) groups excluding carboxylic acids is 1. The first kappa shape index (κ1) is 17.3. The molecular formula is C20H19N5O. The minimum atomic E-state index is -0.249. The van der Waals surface area contributed by atoms with Gasteiger partial charge in [-0.1, -0.05) is 6.07 Å². The summed E-state index contributed by atoms with van der Waals surface area (Å²) in [4.78, 5) is 18.1. The Balaban J connectivity index is 1.63. The Kier molecular flexibility index (Phi) is 5.34. The van der Waals surface area contributed by atoms with Crippen molar-refractivity contribution in [1.29, 1.82) is 0 Å². The Morgan fingerprint density at radius 2 is 1.50 bits per heavy atom. The van der Waals surface area contributed by atoms with Crippen LogP contribution in [0.3, 0.4) is 0 Å². The summed E-state index contributed by atoms with van der Waals surface area (Å²) in [6.45, 7) is 0. The Hall–Kier alpha value is -3.54. The highest BCUT2D eigenvalue weighted by Crippen LogP contribution is 2.22. The first-order valence-electron chi connectivity index (χ1n) is 8.13. The van der Waals surface area contributed by atoms with Crippen molar-refractivity contribution in [3.05, 3.63) is 78.6 Å². The summed E-state index contributed by atoms with van der Waals surface area (Å²) < 4.78 is 0.